The van der Waals surface area contributed by atoms with Crippen molar-refractivity contribution in [1.29, 1.82) is 0 Å². The molecular formula is C55H58O. The third-order valence-corrected chi connectivity index (χ3v) is 15.2. The summed E-state index contributed by atoms with van der Waals surface area (Å²) in [5, 5.41) is 7.85. The van der Waals surface area contributed by atoms with Crippen LogP contribution in [0.25, 0.3) is 76.9 Å². The van der Waals surface area contributed by atoms with Crippen molar-refractivity contribution in [2.24, 2.45) is 0 Å². The summed E-state index contributed by atoms with van der Waals surface area (Å²) in [5.74, 6) is 0. The number of hydrogen-bond donors (Lipinski definition) is 0. The van der Waals surface area contributed by atoms with E-state index in [-0.39, 0.29) is 0 Å². The second-order valence-corrected chi connectivity index (χ2v) is 17.3. The second-order valence-electron chi connectivity index (χ2n) is 17.3. The molecular weight excluding hydrogens is 677 g/mol. The van der Waals surface area contributed by atoms with E-state index in [2.05, 4.69) is 160 Å². The number of aryl methyl sites for hydroxylation is 4. The van der Waals surface area contributed by atoms with E-state index in [1.54, 1.807) is 0 Å². The van der Waals surface area contributed by atoms with Gasteiger partial charge < -0.3 is 4.42 Å². The van der Waals surface area contributed by atoms with Crippen LogP contribution in [0.15, 0.2) is 46.9 Å². The lowest BCUT2D eigenvalue weighted by Gasteiger charge is -2.31. The van der Waals surface area contributed by atoms with Gasteiger partial charge >= 0.3 is 0 Å². The molecule has 1 heteroatoms. The monoisotopic (exact) mass is 734 g/mol. The predicted octanol–water partition coefficient (Wildman–Crippen LogP) is 16.1. The first-order valence-electron chi connectivity index (χ1n) is 20.5. The molecule has 0 radical (unpaired) electrons. The third-order valence-electron chi connectivity index (χ3n) is 15.2. The largest absolute Gasteiger partial charge is 0.456 e. The minimum absolute atomic E-state index is 0.931. The molecule has 0 saturated carbocycles. The lowest BCUT2D eigenvalue weighted by Crippen LogP contribution is -2.08. The Balaban J connectivity index is 1.73. The molecule has 284 valence electrons. The summed E-state index contributed by atoms with van der Waals surface area (Å²) in [6.45, 7) is 40.0. The zero-order chi connectivity index (χ0) is 40.6. The Labute approximate surface area is 334 Å². The molecule has 0 N–H and O–H groups in total. The highest BCUT2D eigenvalue weighted by atomic mass is 16.3. The molecule has 1 aromatic heterocycles. The van der Waals surface area contributed by atoms with Crippen LogP contribution in [0.5, 0.6) is 0 Å². The minimum Gasteiger partial charge on any atom is -0.456 e. The maximum absolute atomic E-state index is 6.39. The van der Waals surface area contributed by atoms with Gasteiger partial charge in [-0.25, -0.2) is 0 Å². The molecule has 0 atom stereocenters. The minimum atomic E-state index is 0.931. The van der Waals surface area contributed by atoms with E-state index >= 15 is 0 Å². The van der Waals surface area contributed by atoms with Crippen molar-refractivity contribution in [2.45, 2.75) is 118 Å². The van der Waals surface area contributed by atoms with Crippen LogP contribution < -0.4 is 0 Å². The fourth-order valence-corrected chi connectivity index (χ4v) is 10.4. The van der Waals surface area contributed by atoms with Crippen LogP contribution >= 0.6 is 0 Å². The molecule has 0 unspecified atom stereocenters. The number of rotatable bonds is 3. The summed E-state index contributed by atoms with van der Waals surface area (Å²) in [6.07, 6.45) is 0. The molecule has 56 heavy (non-hydrogen) atoms. The van der Waals surface area contributed by atoms with E-state index in [0.717, 1.165) is 16.6 Å². The van der Waals surface area contributed by atoms with Crippen LogP contribution in [0.3, 0.4) is 0 Å². The molecule has 0 fully saturated rings. The molecule has 1 nitrogen and oxygen atoms in total. The molecule has 0 aliphatic heterocycles. The number of fused-ring (bicyclic) bond motifs is 5. The zero-order valence-corrected chi connectivity index (χ0v) is 36.9. The summed E-state index contributed by atoms with van der Waals surface area (Å²) in [5.41, 5.74) is 33.6. The number of furan rings is 1. The molecule has 0 amide bonds. The van der Waals surface area contributed by atoms with Gasteiger partial charge in [0.1, 0.15) is 11.2 Å². The Hall–Kier alpha value is -5.14. The van der Waals surface area contributed by atoms with Gasteiger partial charge in [-0.15, -0.1) is 0 Å². The van der Waals surface area contributed by atoms with Crippen LogP contribution in [-0.2, 0) is 0 Å². The zero-order valence-electron chi connectivity index (χ0n) is 36.9. The van der Waals surface area contributed by atoms with Crippen LogP contribution in [-0.4, -0.2) is 0 Å². The molecule has 0 aliphatic carbocycles. The van der Waals surface area contributed by atoms with Crippen molar-refractivity contribution in [2.75, 3.05) is 0 Å². The van der Waals surface area contributed by atoms with E-state index in [4.69, 9.17) is 4.42 Å². The Morgan fingerprint density at radius 3 is 1.07 bits per heavy atom. The van der Waals surface area contributed by atoms with Crippen molar-refractivity contribution >= 4 is 43.5 Å². The number of benzene rings is 7. The van der Waals surface area contributed by atoms with Gasteiger partial charge in [-0.2, -0.15) is 0 Å². The number of para-hydroxylation sites is 1. The first-order valence-corrected chi connectivity index (χ1v) is 20.5. The highest BCUT2D eigenvalue weighted by Crippen LogP contribution is 2.55. The molecule has 7 aromatic carbocycles. The Bertz CT molecular complexity index is 2950. The second kappa shape index (κ2) is 13.0. The molecule has 0 aliphatic rings. The first-order chi connectivity index (χ1) is 26.4. The van der Waals surface area contributed by atoms with Crippen LogP contribution in [0, 0.1) is 118 Å². The first kappa shape index (κ1) is 37.8. The van der Waals surface area contributed by atoms with Crippen LogP contribution in [0.4, 0.5) is 0 Å². The van der Waals surface area contributed by atoms with E-state index in [1.807, 2.05) is 0 Å². The third kappa shape index (κ3) is 4.92. The van der Waals surface area contributed by atoms with Gasteiger partial charge in [-0.3, -0.25) is 0 Å². The molecule has 1 heterocycles. The summed E-state index contributed by atoms with van der Waals surface area (Å²) in [4.78, 5) is 0. The molecule has 8 aromatic rings. The Morgan fingerprint density at radius 2 is 0.607 bits per heavy atom. The molecule has 0 bridgehead atoms. The summed E-state index contributed by atoms with van der Waals surface area (Å²) in [6, 6.07) is 15.4. The van der Waals surface area contributed by atoms with Gasteiger partial charge in [0.2, 0.25) is 0 Å². The summed E-state index contributed by atoms with van der Waals surface area (Å²) >= 11 is 0. The van der Waals surface area contributed by atoms with Crippen molar-refractivity contribution in [3.63, 3.8) is 0 Å². The van der Waals surface area contributed by atoms with Crippen LogP contribution in [0.2, 0.25) is 0 Å². The average molecular weight is 735 g/mol. The summed E-state index contributed by atoms with van der Waals surface area (Å²) < 4.78 is 6.39. The van der Waals surface area contributed by atoms with E-state index < -0.39 is 0 Å². The molecule has 8 rings (SSSR count). The standard InChI is InChI=1S/C55H58O/c1-25-26(2)34(10)47(35(11)27(25)3)48-36(12)28(4)31(7)39(15)51(48)55-52-40(16)32(8)29(5)37(13)49(52)54(50-38(14)30(6)33(9)41(17)53(50)55)42-22-23-46-44(24-42)43-20-18-19-21-45(43)56-46/h18-24H,1-17H3. The van der Waals surface area contributed by atoms with Crippen LogP contribution in [0.1, 0.15) is 94.6 Å². The number of hydrogen-bond acceptors (Lipinski definition) is 1. The van der Waals surface area contributed by atoms with E-state index in [0.29, 0.717) is 0 Å². The highest BCUT2D eigenvalue weighted by molar-refractivity contribution is 6.27. The lowest BCUT2D eigenvalue weighted by molar-refractivity contribution is 0.669. The van der Waals surface area contributed by atoms with Gasteiger partial charge in [0.25, 0.3) is 0 Å². The maximum Gasteiger partial charge on any atom is 0.135 e. The topological polar surface area (TPSA) is 13.1 Å². The Morgan fingerprint density at radius 1 is 0.268 bits per heavy atom. The maximum atomic E-state index is 6.39. The van der Waals surface area contributed by atoms with Gasteiger partial charge in [0.05, 0.1) is 0 Å². The van der Waals surface area contributed by atoms with Crippen molar-refractivity contribution in [3.05, 3.63) is 137 Å². The van der Waals surface area contributed by atoms with Crippen molar-refractivity contribution in [1.82, 2.24) is 0 Å². The van der Waals surface area contributed by atoms with Crippen molar-refractivity contribution in [3.8, 4) is 33.4 Å². The predicted molar refractivity (Wildman–Crippen MR) is 246 cm³/mol. The Kier molecular flexibility index (Phi) is 8.74. The fourth-order valence-electron chi connectivity index (χ4n) is 10.4. The lowest BCUT2D eigenvalue weighted by atomic mass is 9.72. The summed E-state index contributed by atoms with van der Waals surface area (Å²) in [7, 11) is 0. The van der Waals surface area contributed by atoms with Gasteiger partial charge in [0.15, 0.2) is 0 Å². The fraction of sp³-hybridized carbons (Fsp3) is 0.309. The normalized spacial score (nSPS) is 12.0. The molecule has 0 spiro atoms. The van der Waals surface area contributed by atoms with Crippen molar-refractivity contribution < 1.29 is 4.42 Å². The average Bonchev–Trinajstić information content (AvgIpc) is 3.57. The van der Waals surface area contributed by atoms with Gasteiger partial charge in [0, 0.05) is 10.8 Å². The SMILES string of the molecule is Cc1c(C)c(C)c(-c2c(C)c(C)c(C)c(C)c2-c2c3c(C)c(C)c(C)c(C)c3c(-c3ccc4oc5ccccc5c4c3)c3c(C)c(C)c(C)c(C)c23)c(C)c1C. The van der Waals surface area contributed by atoms with E-state index in [9.17, 15) is 0 Å². The van der Waals surface area contributed by atoms with E-state index in [1.165, 1.54) is 155 Å². The van der Waals surface area contributed by atoms with Gasteiger partial charge in [-0.05, 0) is 285 Å². The van der Waals surface area contributed by atoms with Gasteiger partial charge in [-0.1, -0.05) is 24.3 Å². The smallest absolute Gasteiger partial charge is 0.135 e. The highest BCUT2D eigenvalue weighted by Gasteiger charge is 2.30. The quantitative estimate of drug-likeness (QED) is 0.165. The molecule has 0 saturated heterocycles.